The van der Waals surface area contributed by atoms with E-state index in [0.29, 0.717) is 6.42 Å². The first-order valence-corrected chi connectivity index (χ1v) is 6.05. The minimum Gasteiger partial charge on any atom is -0.351 e. The highest BCUT2D eigenvalue weighted by molar-refractivity contribution is 5.93. The Morgan fingerprint density at radius 3 is 2.94 bits per heavy atom. The fraction of sp³-hybridized carbons (Fsp3) is 0.357. The molecule has 1 amide bonds. The van der Waals surface area contributed by atoms with Crippen LogP contribution in [0.25, 0.3) is 10.9 Å². The number of aryl methyl sites for hydroxylation is 1. The van der Waals surface area contributed by atoms with Crippen molar-refractivity contribution in [3.63, 3.8) is 0 Å². The quantitative estimate of drug-likeness (QED) is 0.859. The maximum absolute atomic E-state index is 11.6. The lowest BCUT2D eigenvalue weighted by atomic mass is 10.2. The van der Waals surface area contributed by atoms with Gasteiger partial charge < -0.3 is 9.88 Å². The van der Waals surface area contributed by atoms with Gasteiger partial charge in [-0.3, -0.25) is 4.79 Å². The molecule has 1 aromatic carbocycles. The van der Waals surface area contributed by atoms with Gasteiger partial charge in [0.25, 0.3) is 0 Å². The molecule has 0 aliphatic rings. The van der Waals surface area contributed by atoms with Gasteiger partial charge in [-0.2, -0.15) is 0 Å². The van der Waals surface area contributed by atoms with Crippen LogP contribution < -0.4 is 5.32 Å². The molecule has 0 fully saturated rings. The molecule has 3 heteroatoms. The van der Waals surface area contributed by atoms with Crippen LogP contribution in [0.4, 0.5) is 5.69 Å². The molecule has 0 aliphatic heterocycles. The summed E-state index contributed by atoms with van der Waals surface area (Å²) in [5.41, 5.74) is 2.06. The van der Waals surface area contributed by atoms with Crippen LogP contribution in [-0.4, -0.2) is 10.5 Å². The number of amides is 1. The molecule has 0 radical (unpaired) electrons. The van der Waals surface area contributed by atoms with Crippen LogP contribution in [0.3, 0.4) is 0 Å². The van der Waals surface area contributed by atoms with E-state index in [4.69, 9.17) is 0 Å². The molecule has 2 aromatic rings. The van der Waals surface area contributed by atoms with Gasteiger partial charge in [-0.25, -0.2) is 0 Å². The number of anilines is 1. The van der Waals surface area contributed by atoms with Crippen LogP contribution in [-0.2, 0) is 11.8 Å². The number of aromatic nitrogens is 1. The molecular weight excluding hydrogens is 212 g/mol. The molecule has 1 N–H and O–H groups in total. The second kappa shape index (κ2) is 5.04. The number of fused-ring (bicyclic) bond motifs is 1. The predicted molar refractivity (Wildman–Crippen MR) is 71.1 cm³/mol. The first-order valence-electron chi connectivity index (χ1n) is 6.05. The maximum Gasteiger partial charge on any atom is 0.224 e. The molecule has 0 atom stereocenters. The molecule has 0 spiro atoms. The summed E-state index contributed by atoms with van der Waals surface area (Å²) in [7, 11) is 2.02. The highest BCUT2D eigenvalue weighted by atomic mass is 16.1. The van der Waals surface area contributed by atoms with Gasteiger partial charge in [-0.15, -0.1) is 0 Å². The van der Waals surface area contributed by atoms with Crippen molar-refractivity contribution in [2.24, 2.45) is 7.05 Å². The number of unbranched alkanes of at least 4 members (excludes halogenated alkanes) is 1. The van der Waals surface area contributed by atoms with Gasteiger partial charge in [-0.05, 0) is 30.7 Å². The van der Waals surface area contributed by atoms with Crippen LogP contribution in [0, 0.1) is 0 Å². The SMILES string of the molecule is CCCCC(=O)Nc1ccc2c(ccn2C)c1. The van der Waals surface area contributed by atoms with Crippen LogP contribution in [0.1, 0.15) is 26.2 Å². The number of hydrogen-bond donors (Lipinski definition) is 1. The number of benzene rings is 1. The van der Waals surface area contributed by atoms with E-state index in [0.717, 1.165) is 23.9 Å². The fourth-order valence-corrected chi connectivity index (χ4v) is 1.92. The molecule has 0 aliphatic carbocycles. The van der Waals surface area contributed by atoms with E-state index in [-0.39, 0.29) is 5.91 Å². The van der Waals surface area contributed by atoms with E-state index < -0.39 is 0 Å². The van der Waals surface area contributed by atoms with Gasteiger partial charge >= 0.3 is 0 Å². The van der Waals surface area contributed by atoms with Crippen molar-refractivity contribution in [1.29, 1.82) is 0 Å². The highest BCUT2D eigenvalue weighted by Crippen LogP contribution is 2.19. The van der Waals surface area contributed by atoms with Gasteiger partial charge in [0.15, 0.2) is 0 Å². The summed E-state index contributed by atoms with van der Waals surface area (Å²) < 4.78 is 2.07. The Hall–Kier alpha value is -1.77. The Labute approximate surface area is 101 Å². The van der Waals surface area contributed by atoms with Crippen molar-refractivity contribution in [3.05, 3.63) is 30.5 Å². The number of carbonyl (C=O) groups is 1. The summed E-state index contributed by atoms with van der Waals surface area (Å²) in [6.45, 7) is 2.09. The zero-order valence-corrected chi connectivity index (χ0v) is 10.4. The van der Waals surface area contributed by atoms with E-state index >= 15 is 0 Å². The summed E-state index contributed by atoms with van der Waals surface area (Å²) >= 11 is 0. The average molecular weight is 230 g/mol. The second-order valence-electron chi connectivity index (χ2n) is 4.35. The molecule has 0 unspecified atom stereocenters. The minimum absolute atomic E-state index is 0.0992. The first-order chi connectivity index (χ1) is 8.20. The standard InChI is InChI=1S/C14H18N2O/c1-3-4-5-14(17)15-12-6-7-13-11(10-12)8-9-16(13)2/h6-10H,3-5H2,1-2H3,(H,15,17). The van der Waals surface area contributed by atoms with Crippen molar-refractivity contribution in [3.8, 4) is 0 Å². The Balaban J connectivity index is 2.11. The van der Waals surface area contributed by atoms with Crippen molar-refractivity contribution >= 4 is 22.5 Å². The Morgan fingerprint density at radius 1 is 1.35 bits per heavy atom. The summed E-state index contributed by atoms with van der Waals surface area (Å²) in [5, 5.41) is 4.08. The summed E-state index contributed by atoms with van der Waals surface area (Å²) in [4.78, 5) is 11.6. The van der Waals surface area contributed by atoms with Crippen molar-refractivity contribution in [2.75, 3.05) is 5.32 Å². The highest BCUT2D eigenvalue weighted by Gasteiger charge is 2.03. The van der Waals surface area contributed by atoms with Crippen molar-refractivity contribution < 1.29 is 4.79 Å². The van der Waals surface area contributed by atoms with E-state index in [1.54, 1.807) is 0 Å². The Kier molecular flexibility index (Phi) is 3.47. The van der Waals surface area contributed by atoms with Gasteiger partial charge in [0.1, 0.15) is 0 Å². The molecule has 90 valence electrons. The maximum atomic E-state index is 11.6. The molecule has 1 heterocycles. The zero-order valence-electron chi connectivity index (χ0n) is 10.4. The van der Waals surface area contributed by atoms with Crippen LogP contribution in [0.5, 0.6) is 0 Å². The Bertz CT molecular complexity index is 528. The normalized spacial score (nSPS) is 10.7. The summed E-state index contributed by atoms with van der Waals surface area (Å²) in [6.07, 6.45) is 4.61. The van der Waals surface area contributed by atoms with Crippen LogP contribution in [0.15, 0.2) is 30.5 Å². The third kappa shape index (κ3) is 2.67. The van der Waals surface area contributed by atoms with Crippen molar-refractivity contribution in [1.82, 2.24) is 4.57 Å². The zero-order chi connectivity index (χ0) is 12.3. The molecule has 0 bridgehead atoms. The summed E-state index contributed by atoms with van der Waals surface area (Å²) in [5.74, 6) is 0.0992. The third-order valence-electron chi connectivity index (χ3n) is 2.93. The lowest BCUT2D eigenvalue weighted by Gasteiger charge is -2.05. The monoisotopic (exact) mass is 230 g/mol. The van der Waals surface area contributed by atoms with E-state index in [2.05, 4.69) is 22.9 Å². The topological polar surface area (TPSA) is 34.0 Å². The molecule has 0 saturated carbocycles. The van der Waals surface area contributed by atoms with Crippen LogP contribution in [0.2, 0.25) is 0 Å². The first kappa shape index (κ1) is 11.7. The van der Waals surface area contributed by atoms with Gasteiger partial charge in [-0.1, -0.05) is 13.3 Å². The number of hydrogen-bond acceptors (Lipinski definition) is 1. The molecule has 17 heavy (non-hydrogen) atoms. The molecule has 0 saturated heterocycles. The molecule has 1 aromatic heterocycles. The van der Waals surface area contributed by atoms with Crippen molar-refractivity contribution in [2.45, 2.75) is 26.2 Å². The second-order valence-corrected chi connectivity index (χ2v) is 4.35. The van der Waals surface area contributed by atoms with E-state index in [1.807, 2.05) is 31.4 Å². The molecule has 2 rings (SSSR count). The van der Waals surface area contributed by atoms with Gasteiger partial charge in [0.2, 0.25) is 5.91 Å². The molecule has 3 nitrogen and oxygen atoms in total. The third-order valence-corrected chi connectivity index (χ3v) is 2.93. The number of nitrogens with zero attached hydrogens (tertiary/aromatic N) is 1. The summed E-state index contributed by atoms with van der Waals surface area (Å²) in [6, 6.07) is 8.05. The predicted octanol–water partition coefficient (Wildman–Crippen LogP) is 3.31. The van der Waals surface area contributed by atoms with Crippen LogP contribution >= 0.6 is 0 Å². The average Bonchev–Trinajstić information content (AvgIpc) is 2.68. The minimum atomic E-state index is 0.0992. The smallest absolute Gasteiger partial charge is 0.224 e. The largest absolute Gasteiger partial charge is 0.351 e. The number of rotatable bonds is 4. The van der Waals surface area contributed by atoms with Gasteiger partial charge in [0.05, 0.1) is 0 Å². The number of carbonyl (C=O) groups excluding carboxylic acids is 1. The number of nitrogens with one attached hydrogen (secondary N) is 1. The Morgan fingerprint density at radius 2 is 2.18 bits per heavy atom. The fourth-order valence-electron chi connectivity index (χ4n) is 1.92. The lowest BCUT2D eigenvalue weighted by Crippen LogP contribution is -2.10. The van der Waals surface area contributed by atoms with Gasteiger partial charge in [0, 0.05) is 36.3 Å². The van der Waals surface area contributed by atoms with E-state index in [1.165, 1.54) is 5.52 Å². The lowest BCUT2D eigenvalue weighted by molar-refractivity contribution is -0.116. The van der Waals surface area contributed by atoms with E-state index in [9.17, 15) is 4.79 Å². The molecular formula is C14H18N2O.